The summed E-state index contributed by atoms with van der Waals surface area (Å²) in [6, 6.07) is 4.24. The number of hydrogen-bond donors (Lipinski definition) is 1. The third-order valence-electron chi connectivity index (χ3n) is 3.03. The highest BCUT2D eigenvalue weighted by Gasteiger charge is 2.16. The van der Waals surface area contributed by atoms with E-state index in [0.29, 0.717) is 17.7 Å². The SMILES string of the molecule is C#Cc1cc(CN2CCNCC2)cc(S(=O)(=O)F)c1. The molecule has 0 saturated carbocycles. The van der Waals surface area contributed by atoms with Gasteiger partial charge in [-0.3, -0.25) is 4.90 Å². The number of nitrogens with one attached hydrogen (secondary N) is 1. The summed E-state index contributed by atoms with van der Waals surface area (Å²) in [4.78, 5) is 1.80. The second-order valence-electron chi connectivity index (χ2n) is 4.47. The largest absolute Gasteiger partial charge is 0.332 e. The second-order valence-corrected chi connectivity index (χ2v) is 5.82. The van der Waals surface area contributed by atoms with Crippen LogP contribution in [0.1, 0.15) is 11.1 Å². The Morgan fingerprint density at radius 3 is 2.58 bits per heavy atom. The highest BCUT2D eigenvalue weighted by atomic mass is 32.3. The van der Waals surface area contributed by atoms with Crippen molar-refractivity contribution in [3.05, 3.63) is 29.3 Å². The van der Waals surface area contributed by atoms with Crippen LogP contribution in [0.15, 0.2) is 23.1 Å². The first-order valence-corrected chi connectivity index (χ1v) is 7.36. The van der Waals surface area contributed by atoms with Crippen molar-refractivity contribution in [1.82, 2.24) is 10.2 Å². The standard InChI is InChI=1S/C13H15FN2O2S/c1-2-11-7-12(9-13(8-11)19(14,17)18)10-16-5-3-15-4-6-16/h1,7-9,15H,3-6,10H2. The van der Waals surface area contributed by atoms with Gasteiger partial charge in [-0.25, -0.2) is 0 Å². The third kappa shape index (κ3) is 3.77. The molecule has 1 aliphatic heterocycles. The lowest BCUT2D eigenvalue weighted by Crippen LogP contribution is -2.42. The van der Waals surface area contributed by atoms with Gasteiger partial charge in [0, 0.05) is 38.3 Å². The molecule has 19 heavy (non-hydrogen) atoms. The van der Waals surface area contributed by atoms with Crippen LogP contribution in [0.4, 0.5) is 3.89 Å². The maximum absolute atomic E-state index is 13.1. The van der Waals surface area contributed by atoms with E-state index in [1.807, 2.05) is 0 Å². The number of halogens is 1. The fourth-order valence-corrected chi connectivity index (χ4v) is 2.66. The van der Waals surface area contributed by atoms with Crippen LogP contribution >= 0.6 is 0 Å². The highest BCUT2D eigenvalue weighted by Crippen LogP contribution is 2.18. The van der Waals surface area contributed by atoms with E-state index in [0.717, 1.165) is 26.2 Å². The fourth-order valence-electron chi connectivity index (χ4n) is 2.10. The molecule has 1 saturated heterocycles. The zero-order valence-electron chi connectivity index (χ0n) is 10.4. The van der Waals surface area contributed by atoms with Crippen molar-refractivity contribution in [1.29, 1.82) is 0 Å². The van der Waals surface area contributed by atoms with Crippen molar-refractivity contribution in [3.8, 4) is 12.3 Å². The summed E-state index contributed by atoms with van der Waals surface area (Å²) in [5, 5.41) is 3.23. The van der Waals surface area contributed by atoms with Gasteiger partial charge in [-0.1, -0.05) is 5.92 Å². The van der Waals surface area contributed by atoms with Crippen LogP contribution in [-0.4, -0.2) is 39.5 Å². The first kappa shape index (κ1) is 14.0. The Morgan fingerprint density at radius 1 is 1.32 bits per heavy atom. The van der Waals surface area contributed by atoms with E-state index >= 15 is 0 Å². The van der Waals surface area contributed by atoms with Crippen LogP contribution in [-0.2, 0) is 16.8 Å². The van der Waals surface area contributed by atoms with Gasteiger partial charge in [0.25, 0.3) is 0 Å². The van der Waals surface area contributed by atoms with Gasteiger partial charge in [0.15, 0.2) is 0 Å². The quantitative estimate of drug-likeness (QED) is 0.656. The minimum absolute atomic E-state index is 0.368. The lowest BCUT2D eigenvalue weighted by atomic mass is 10.1. The average Bonchev–Trinajstić information content (AvgIpc) is 2.38. The maximum Gasteiger partial charge on any atom is 0.332 e. The van der Waals surface area contributed by atoms with Gasteiger partial charge in [-0.05, 0) is 23.8 Å². The molecule has 0 bridgehead atoms. The summed E-state index contributed by atoms with van der Waals surface area (Å²) in [6.45, 7) is 4.10. The first-order valence-electron chi connectivity index (χ1n) is 5.97. The molecule has 0 unspecified atom stereocenters. The minimum Gasteiger partial charge on any atom is -0.314 e. The molecule has 4 nitrogen and oxygen atoms in total. The molecule has 1 fully saturated rings. The van der Waals surface area contributed by atoms with E-state index in [1.165, 1.54) is 12.1 Å². The Kier molecular flexibility index (Phi) is 4.20. The Bertz CT molecular complexity index is 602. The summed E-state index contributed by atoms with van der Waals surface area (Å²) in [5.41, 5.74) is 1.09. The van der Waals surface area contributed by atoms with Gasteiger partial charge in [-0.2, -0.15) is 8.42 Å². The fraction of sp³-hybridized carbons (Fsp3) is 0.385. The van der Waals surface area contributed by atoms with E-state index in [1.54, 1.807) is 6.07 Å². The molecule has 0 aromatic heterocycles. The predicted molar refractivity (Wildman–Crippen MR) is 70.8 cm³/mol. The number of hydrogen-bond acceptors (Lipinski definition) is 4. The number of rotatable bonds is 3. The Labute approximate surface area is 112 Å². The number of nitrogens with zero attached hydrogens (tertiary/aromatic N) is 1. The van der Waals surface area contributed by atoms with Crippen LogP contribution < -0.4 is 5.32 Å². The van der Waals surface area contributed by atoms with E-state index in [-0.39, 0.29) is 4.90 Å². The third-order valence-corrected chi connectivity index (χ3v) is 3.83. The molecule has 0 radical (unpaired) electrons. The molecule has 0 spiro atoms. The van der Waals surface area contributed by atoms with Gasteiger partial charge >= 0.3 is 10.2 Å². The van der Waals surface area contributed by atoms with Gasteiger partial charge in [-0.15, -0.1) is 10.3 Å². The molecule has 1 heterocycles. The molecule has 0 amide bonds. The Hall–Kier alpha value is -1.42. The summed E-state index contributed by atoms with van der Waals surface area (Å²) in [5.74, 6) is 2.36. The number of terminal acetylenes is 1. The summed E-state index contributed by atoms with van der Waals surface area (Å²) >= 11 is 0. The average molecular weight is 282 g/mol. The van der Waals surface area contributed by atoms with Crippen molar-refractivity contribution in [2.45, 2.75) is 11.4 Å². The molecule has 102 valence electrons. The predicted octanol–water partition coefficient (Wildman–Crippen LogP) is 0.731. The first-order chi connectivity index (χ1) is 8.99. The van der Waals surface area contributed by atoms with Gasteiger partial charge in [0.2, 0.25) is 0 Å². The molecule has 1 aromatic rings. The summed E-state index contributed by atoms with van der Waals surface area (Å²) < 4.78 is 35.0. The molecule has 0 atom stereocenters. The van der Waals surface area contributed by atoms with Crippen molar-refractivity contribution in [3.63, 3.8) is 0 Å². The lowest BCUT2D eigenvalue weighted by Gasteiger charge is -2.27. The van der Waals surface area contributed by atoms with Crippen molar-refractivity contribution in [2.75, 3.05) is 26.2 Å². The molecular formula is C13H15FN2O2S. The molecular weight excluding hydrogens is 267 g/mol. The zero-order chi connectivity index (χ0) is 13.9. The smallest absolute Gasteiger partial charge is 0.314 e. The van der Waals surface area contributed by atoms with Crippen molar-refractivity contribution in [2.24, 2.45) is 0 Å². The van der Waals surface area contributed by atoms with E-state index in [9.17, 15) is 12.3 Å². The zero-order valence-corrected chi connectivity index (χ0v) is 11.2. The van der Waals surface area contributed by atoms with Crippen LogP contribution in [0.2, 0.25) is 0 Å². The van der Waals surface area contributed by atoms with Crippen LogP contribution in [0.5, 0.6) is 0 Å². The van der Waals surface area contributed by atoms with Crippen LogP contribution in [0.3, 0.4) is 0 Å². The van der Waals surface area contributed by atoms with Gasteiger partial charge in [0.05, 0.1) is 0 Å². The number of benzene rings is 1. The van der Waals surface area contributed by atoms with E-state index in [4.69, 9.17) is 6.42 Å². The molecule has 1 aliphatic rings. The molecule has 0 aliphatic carbocycles. The monoisotopic (exact) mass is 282 g/mol. The molecule has 1 N–H and O–H groups in total. The normalized spacial score (nSPS) is 17.1. The van der Waals surface area contributed by atoms with Crippen molar-refractivity contribution < 1.29 is 12.3 Å². The van der Waals surface area contributed by atoms with Gasteiger partial charge in [0.1, 0.15) is 4.90 Å². The lowest BCUT2D eigenvalue weighted by molar-refractivity contribution is 0.233. The van der Waals surface area contributed by atoms with Crippen LogP contribution in [0.25, 0.3) is 0 Å². The Balaban J connectivity index is 2.27. The van der Waals surface area contributed by atoms with Crippen LogP contribution in [0, 0.1) is 12.3 Å². The number of piperazine rings is 1. The van der Waals surface area contributed by atoms with E-state index < -0.39 is 10.2 Å². The van der Waals surface area contributed by atoms with Crippen molar-refractivity contribution >= 4 is 10.2 Å². The maximum atomic E-state index is 13.1. The highest BCUT2D eigenvalue weighted by molar-refractivity contribution is 7.86. The summed E-state index contributed by atoms with van der Waals surface area (Å²) in [6.07, 6.45) is 5.27. The molecule has 1 aromatic carbocycles. The molecule has 2 rings (SSSR count). The van der Waals surface area contributed by atoms with E-state index in [2.05, 4.69) is 16.1 Å². The summed E-state index contributed by atoms with van der Waals surface area (Å²) in [7, 11) is -4.73. The Morgan fingerprint density at radius 2 is 2.00 bits per heavy atom. The topological polar surface area (TPSA) is 49.4 Å². The molecule has 6 heteroatoms. The second kappa shape index (κ2) is 5.70. The van der Waals surface area contributed by atoms with Gasteiger partial charge < -0.3 is 5.32 Å². The minimum atomic E-state index is -4.73.